The number of hydrogen-bond acceptors (Lipinski definition) is 5. The van der Waals surface area contributed by atoms with Crippen LogP contribution in [0.1, 0.15) is 12.8 Å². The summed E-state index contributed by atoms with van der Waals surface area (Å²) < 4.78 is 37.1. The number of benzene rings is 2. The highest BCUT2D eigenvalue weighted by Crippen LogP contribution is 2.30. The molecule has 3 rings (SSSR count). The molecule has 0 amide bonds. The molecule has 1 saturated heterocycles. The third kappa shape index (κ3) is 4.54. The monoisotopic (exact) mass is 421 g/mol. The van der Waals surface area contributed by atoms with Crippen LogP contribution in [-0.2, 0) is 10.0 Å². The van der Waals surface area contributed by atoms with Gasteiger partial charge in [-0.05, 0) is 61.5 Å². The smallest absolute Gasteiger partial charge is 0.243 e. The van der Waals surface area contributed by atoms with Crippen molar-refractivity contribution in [2.75, 3.05) is 37.9 Å². The van der Waals surface area contributed by atoms with Crippen molar-refractivity contribution in [1.82, 2.24) is 4.31 Å². The molecule has 0 bridgehead atoms. The average molecular weight is 422 g/mol. The summed E-state index contributed by atoms with van der Waals surface area (Å²) in [6.07, 6.45) is 1.82. The Kier molecular flexibility index (Phi) is 6.38. The Balaban J connectivity index is 1.65. The summed E-state index contributed by atoms with van der Waals surface area (Å²) in [6, 6.07) is 12.0. The molecule has 1 fully saturated rings. The van der Waals surface area contributed by atoms with Crippen molar-refractivity contribution in [3.63, 3.8) is 0 Å². The summed E-state index contributed by atoms with van der Waals surface area (Å²) in [5, 5.41) is 6.49. The Morgan fingerprint density at radius 3 is 2.11 bits per heavy atom. The standard InChI is InChI=1S/C19H23N3O4S2/c1-25-17-10-7-15(13-18(17)26-2)21-19(27)20-14-5-8-16(9-6-14)28(23,24)22-11-3-4-12-22/h5-10,13H,3-4,11-12H2,1-2H3,(H2,20,21,27). The quantitative estimate of drug-likeness (QED) is 0.693. The summed E-state index contributed by atoms with van der Waals surface area (Å²) in [6.45, 7) is 1.17. The molecule has 0 spiro atoms. The van der Waals surface area contributed by atoms with Gasteiger partial charge < -0.3 is 20.1 Å². The van der Waals surface area contributed by atoms with Gasteiger partial charge in [0, 0.05) is 30.5 Å². The van der Waals surface area contributed by atoms with Crippen LogP contribution >= 0.6 is 12.2 Å². The van der Waals surface area contributed by atoms with Gasteiger partial charge >= 0.3 is 0 Å². The number of sulfonamides is 1. The van der Waals surface area contributed by atoms with E-state index in [9.17, 15) is 8.42 Å². The third-order valence-corrected chi connectivity index (χ3v) is 6.57. The maximum absolute atomic E-state index is 12.6. The second-order valence-electron chi connectivity index (χ2n) is 6.28. The van der Waals surface area contributed by atoms with E-state index in [0.29, 0.717) is 40.3 Å². The lowest BCUT2D eigenvalue weighted by Crippen LogP contribution is -2.27. The molecule has 150 valence electrons. The molecule has 1 aliphatic rings. The van der Waals surface area contributed by atoms with Crippen LogP contribution in [0.2, 0.25) is 0 Å². The SMILES string of the molecule is COc1ccc(NC(=S)Nc2ccc(S(=O)(=O)N3CCCC3)cc2)cc1OC. The maximum atomic E-state index is 12.6. The van der Waals surface area contributed by atoms with Crippen molar-refractivity contribution in [1.29, 1.82) is 0 Å². The first kappa shape index (κ1) is 20.4. The van der Waals surface area contributed by atoms with Crippen molar-refractivity contribution < 1.29 is 17.9 Å². The Morgan fingerprint density at radius 1 is 0.929 bits per heavy atom. The summed E-state index contributed by atoms with van der Waals surface area (Å²) in [5.41, 5.74) is 1.43. The zero-order chi connectivity index (χ0) is 20.1. The van der Waals surface area contributed by atoms with Crippen LogP contribution in [0.4, 0.5) is 11.4 Å². The summed E-state index contributed by atoms with van der Waals surface area (Å²) >= 11 is 5.33. The number of hydrogen-bond donors (Lipinski definition) is 2. The number of rotatable bonds is 6. The van der Waals surface area contributed by atoms with Gasteiger partial charge in [0.2, 0.25) is 10.0 Å². The summed E-state index contributed by atoms with van der Waals surface area (Å²) in [5.74, 6) is 1.22. The van der Waals surface area contributed by atoms with Crippen LogP contribution in [0.3, 0.4) is 0 Å². The maximum Gasteiger partial charge on any atom is 0.243 e. The highest BCUT2D eigenvalue weighted by molar-refractivity contribution is 7.89. The van der Waals surface area contributed by atoms with Crippen LogP contribution in [-0.4, -0.2) is 45.1 Å². The van der Waals surface area contributed by atoms with Gasteiger partial charge in [-0.25, -0.2) is 8.42 Å². The first-order valence-electron chi connectivity index (χ1n) is 8.84. The number of anilines is 2. The highest BCUT2D eigenvalue weighted by Gasteiger charge is 2.26. The number of nitrogens with one attached hydrogen (secondary N) is 2. The van der Waals surface area contributed by atoms with Crippen molar-refractivity contribution in [2.24, 2.45) is 0 Å². The number of methoxy groups -OCH3 is 2. The summed E-state index contributed by atoms with van der Waals surface area (Å²) in [4.78, 5) is 0.290. The lowest BCUT2D eigenvalue weighted by molar-refractivity contribution is 0.355. The first-order chi connectivity index (χ1) is 13.4. The van der Waals surface area contributed by atoms with E-state index in [4.69, 9.17) is 21.7 Å². The van der Waals surface area contributed by atoms with E-state index in [1.54, 1.807) is 50.6 Å². The van der Waals surface area contributed by atoms with Gasteiger partial charge in [0.1, 0.15) is 0 Å². The molecule has 2 aromatic carbocycles. The minimum Gasteiger partial charge on any atom is -0.493 e. The molecule has 1 aliphatic heterocycles. The molecule has 0 radical (unpaired) electrons. The molecule has 0 saturated carbocycles. The van der Waals surface area contributed by atoms with Crippen LogP contribution in [0.25, 0.3) is 0 Å². The zero-order valence-corrected chi connectivity index (χ0v) is 17.4. The summed E-state index contributed by atoms with van der Waals surface area (Å²) in [7, 11) is -0.276. The predicted octanol–water partition coefficient (Wildman–Crippen LogP) is 3.30. The van der Waals surface area contributed by atoms with Crippen LogP contribution < -0.4 is 20.1 Å². The van der Waals surface area contributed by atoms with E-state index >= 15 is 0 Å². The van der Waals surface area contributed by atoms with Gasteiger partial charge in [-0.15, -0.1) is 0 Å². The van der Waals surface area contributed by atoms with E-state index in [2.05, 4.69) is 10.6 Å². The normalized spacial score (nSPS) is 14.5. The zero-order valence-electron chi connectivity index (χ0n) is 15.8. The van der Waals surface area contributed by atoms with E-state index in [-0.39, 0.29) is 0 Å². The molecule has 1 heterocycles. The lowest BCUT2D eigenvalue weighted by atomic mass is 10.2. The molecular formula is C19H23N3O4S2. The van der Waals surface area contributed by atoms with E-state index < -0.39 is 10.0 Å². The minimum absolute atomic E-state index is 0.290. The fraction of sp³-hybridized carbons (Fsp3) is 0.316. The van der Waals surface area contributed by atoms with Crippen LogP contribution in [0.15, 0.2) is 47.4 Å². The van der Waals surface area contributed by atoms with E-state index in [1.807, 2.05) is 6.07 Å². The van der Waals surface area contributed by atoms with Crippen LogP contribution in [0.5, 0.6) is 11.5 Å². The van der Waals surface area contributed by atoms with Gasteiger partial charge in [-0.1, -0.05) is 0 Å². The molecule has 7 nitrogen and oxygen atoms in total. The third-order valence-electron chi connectivity index (χ3n) is 4.46. The van der Waals surface area contributed by atoms with Gasteiger partial charge in [0.15, 0.2) is 16.6 Å². The van der Waals surface area contributed by atoms with Gasteiger partial charge in [-0.2, -0.15) is 4.31 Å². The predicted molar refractivity (Wildman–Crippen MR) is 114 cm³/mol. The fourth-order valence-electron chi connectivity index (χ4n) is 3.00. The minimum atomic E-state index is -3.42. The Morgan fingerprint density at radius 2 is 1.50 bits per heavy atom. The Hall–Kier alpha value is -2.36. The van der Waals surface area contributed by atoms with Gasteiger partial charge in [-0.3, -0.25) is 0 Å². The van der Waals surface area contributed by atoms with E-state index in [1.165, 1.54) is 4.31 Å². The Bertz CT molecular complexity index is 940. The largest absolute Gasteiger partial charge is 0.493 e. The van der Waals surface area contributed by atoms with Crippen LogP contribution in [0, 0.1) is 0 Å². The number of nitrogens with zero attached hydrogens (tertiary/aromatic N) is 1. The van der Waals surface area contributed by atoms with Gasteiger partial charge in [0.05, 0.1) is 19.1 Å². The average Bonchev–Trinajstić information content (AvgIpc) is 3.24. The molecule has 0 atom stereocenters. The number of ether oxygens (including phenoxy) is 2. The second kappa shape index (κ2) is 8.76. The lowest BCUT2D eigenvalue weighted by Gasteiger charge is -2.16. The van der Waals surface area contributed by atoms with E-state index in [0.717, 1.165) is 18.5 Å². The molecule has 0 aliphatic carbocycles. The van der Waals surface area contributed by atoms with Gasteiger partial charge in [0.25, 0.3) is 0 Å². The molecular weight excluding hydrogens is 398 g/mol. The molecule has 0 aromatic heterocycles. The van der Waals surface area contributed by atoms with Crippen molar-refractivity contribution in [2.45, 2.75) is 17.7 Å². The topological polar surface area (TPSA) is 79.9 Å². The molecule has 2 N–H and O–H groups in total. The van der Waals surface area contributed by atoms with Crippen molar-refractivity contribution in [3.8, 4) is 11.5 Å². The number of thiocarbonyl (C=S) groups is 1. The van der Waals surface area contributed by atoms with Crippen molar-refractivity contribution in [3.05, 3.63) is 42.5 Å². The molecule has 0 unspecified atom stereocenters. The molecule has 9 heteroatoms. The second-order valence-corrected chi connectivity index (χ2v) is 8.63. The fourth-order valence-corrected chi connectivity index (χ4v) is 4.75. The molecule has 2 aromatic rings. The first-order valence-corrected chi connectivity index (χ1v) is 10.7. The van der Waals surface area contributed by atoms with Crippen molar-refractivity contribution >= 4 is 38.7 Å². The molecule has 28 heavy (non-hydrogen) atoms. The Labute approximate surface area is 170 Å². The highest BCUT2D eigenvalue weighted by atomic mass is 32.2.